The number of rotatable bonds is 5. The number of nitrogens with two attached hydrogens (primary N) is 1. The fraction of sp³-hybridized carbons (Fsp3) is 0.429. The molecular formula is C14H19ClN2O2S. The molecule has 0 bridgehead atoms. The molecule has 0 fully saturated rings. The number of halogens is 1. The quantitative estimate of drug-likeness (QED) is 0.846. The van der Waals surface area contributed by atoms with E-state index in [4.69, 9.17) is 17.3 Å². The Morgan fingerprint density at radius 1 is 1.35 bits per heavy atom. The van der Waals surface area contributed by atoms with Crippen LogP contribution in [0.5, 0.6) is 0 Å². The Hall–Kier alpha value is -1.06. The van der Waals surface area contributed by atoms with Crippen molar-refractivity contribution >= 4 is 21.6 Å². The van der Waals surface area contributed by atoms with E-state index < -0.39 is 10.0 Å². The lowest BCUT2D eigenvalue weighted by Gasteiger charge is -2.20. The molecule has 0 aromatic heterocycles. The number of nitrogens with zero attached hydrogens (tertiary/aromatic N) is 1. The Labute approximate surface area is 126 Å². The molecule has 6 heteroatoms. The summed E-state index contributed by atoms with van der Waals surface area (Å²) in [5, 5.41) is 0.184. The van der Waals surface area contributed by atoms with Crippen molar-refractivity contribution in [1.29, 1.82) is 0 Å². The molecule has 0 aliphatic carbocycles. The van der Waals surface area contributed by atoms with Crippen molar-refractivity contribution < 1.29 is 8.42 Å². The fourth-order valence-corrected chi connectivity index (χ4v) is 3.84. The Kier molecular flexibility index (Phi) is 6.50. The minimum absolute atomic E-state index is 0.118. The maximum atomic E-state index is 12.5. The summed E-state index contributed by atoms with van der Waals surface area (Å²) in [5.41, 5.74) is 5.95. The van der Waals surface area contributed by atoms with Crippen LogP contribution < -0.4 is 5.73 Å². The molecule has 1 aromatic carbocycles. The van der Waals surface area contributed by atoms with Crippen molar-refractivity contribution in [1.82, 2.24) is 4.31 Å². The van der Waals surface area contributed by atoms with Gasteiger partial charge in [0.1, 0.15) is 4.90 Å². The van der Waals surface area contributed by atoms with Crippen molar-refractivity contribution in [2.45, 2.75) is 25.2 Å². The molecule has 20 heavy (non-hydrogen) atoms. The molecule has 1 aromatic rings. The molecule has 0 atom stereocenters. The van der Waals surface area contributed by atoms with E-state index in [1.807, 2.05) is 13.8 Å². The highest BCUT2D eigenvalue weighted by Crippen LogP contribution is 2.25. The van der Waals surface area contributed by atoms with Crippen molar-refractivity contribution in [3.8, 4) is 11.8 Å². The molecule has 0 heterocycles. The predicted molar refractivity (Wildman–Crippen MR) is 82.1 cm³/mol. The first-order valence-corrected chi connectivity index (χ1v) is 8.27. The molecule has 0 saturated heterocycles. The Bertz CT molecular complexity index is 618. The summed E-state index contributed by atoms with van der Waals surface area (Å²) < 4.78 is 26.4. The average Bonchev–Trinajstić information content (AvgIpc) is 2.42. The van der Waals surface area contributed by atoms with Crippen LogP contribution in [0.4, 0.5) is 0 Å². The van der Waals surface area contributed by atoms with E-state index in [0.29, 0.717) is 18.7 Å². The summed E-state index contributed by atoms with van der Waals surface area (Å²) in [6.45, 7) is 4.89. The third kappa shape index (κ3) is 3.97. The van der Waals surface area contributed by atoms with E-state index in [0.717, 1.165) is 6.42 Å². The lowest BCUT2D eigenvalue weighted by molar-refractivity contribution is 0.427. The molecule has 0 radical (unpaired) electrons. The van der Waals surface area contributed by atoms with Crippen molar-refractivity contribution in [2.75, 3.05) is 19.6 Å². The molecule has 0 aliphatic heterocycles. The topological polar surface area (TPSA) is 63.4 Å². The second-order valence-corrected chi connectivity index (χ2v) is 6.46. The van der Waals surface area contributed by atoms with Crippen LogP contribution in [0.1, 0.15) is 25.8 Å². The lowest BCUT2D eigenvalue weighted by atomic mass is 10.2. The zero-order valence-electron chi connectivity index (χ0n) is 11.7. The SMILES string of the molecule is CCCN(CC)S(=O)(=O)c1ccc(C#CCN)cc1Cl. The van der Waals surface area contributed by atoms with Gasteiger partial charge in [0.2, 0.25) is 10.0 Å². The smallest absolute Gasteiger partial charge is 0.244 e. The largest absolute Gasteiger partial charge is 0.320 e. The van der Waals surface area contributed by atoms with E-state index in [1.165, 1.54) is 10.4 Å². The number of benzene rings is 1. The maximum absolute atomic E-state index is 12.5. The molecule has 2 N–H and O–H groups in total. The second-order valence-electron chi connectivity index (χ2n) is 4.15. The second kappa shape index (κ2) is 7.65. The van der Waals surface area contributed by atoms with E-state index in [9.17, 15) is 8.42 Å². The molecule has 110 valence electrons. The van der Waals surface area contributed by atoms with Gasteiger partial charge in [-0.3, -0.25) is 0 Å². The van der Waals surface area contributed by atoms with Crippen LogP contribution in [0.3, 0.4) is 0 Å². The van der Waals surface area contributed by atoms with Crippen molar-refractivity contribution in [2.24, 2.45) is 5.73 Å². The average molecular weight is 315 g/mol. The van der Waals surface area contributed by atoms with Gasteiger partial charge in [-0.05, 0) is 24.6 Å². The lowest BCUT2D eigenvalue weighted by Crippen LogP contribution is -2.31. The zero-order chi connectivity index (χ0) is 15.2. The summed E-state index contributed by atoms with van der Waals surface area (Å²) in [6, 6.07) is 4.69. The predicted octanol–water partition coefficient (Wildman–Crippen LogP) is 2.07. The van der Waals surface area contributed by atoms with Gasteiger partial charge in [0.05, 0.1) is 11.6 Å². The molecule has 0 unspecified atom stereocenters. The maximum Gasteiger partial charge on any atom is 0.244 e. The molecule has 0 aliphatic rings. The summed E-state index contributed by atoms with van der Waals surface area (Å²) >= 11 is 6.09. The van der Waals surface area contributed by atoms with E-state index >= 15 is 0 Å². The van der Waals surface area contributed by atoms with Crippen LogP contribution in [0.25, 0.3) is 0 Å². The molecule has 4 nitrogen and oxygen atoms in total. The molecule has 0 saturated carbocycles. The van der Waals surface area contributed by atoms with Gasteiger partial charge in [0.25, 0.3) is 0 Å². The van der Waals surface area contributed by atoms with Crippen molar-refractivity contribution in [3.63, 3.8) is 0 Å². The first-order chi connectivity index (χ1) is 9.47. The minimum Gasteiger partial charge on any atom is -0.320 e. The van der Waals surface area contributed by atoms with Crippen LogP contribution in [0.15, 0.2) is 23.1 Å². The number of hydrogen-bond donors (Lipinski definition) is 1. The first kappa shape index (κ1) is 17.0. The zero-order valence-corrected chi connectivity index (χ0v) is 13.3. The van der Waals surface area contributed by atoms with Gasteiger partial charge < -0.3 is 5.73 Å². The highest BCUT2D eigenvalue weighted by molar-refractivity contribution is 7.89. The molecular weight excluding hydrogens is 296 g/mol. The van der Waals surface area contributed by atoms with E-state index in [2.05, 4.69) is 11.8 Å². The standard InChI is InChI=1S/C14H19ClN2O2S/c1-3-10-17(4-2)20(18,19)14-8-7-12(6-5-9-16)11-13(14)15/h7-8,11H,3-4,9-10,16H2,1-2H3. The fourth-order valence-electron chi connectivity index (χ4n) is 1.78. The first-order valence-electron chi connectivity index (χ1n) is 6.46. The van der Waals surface area contributed by atoms with Gasteiger partial charge in [-0.15, -0.1) is 0 Å². The summed E-state index contributed by atoms with van der Waals surface area (Å²) in [7, 11) is -3.55. The van der Waals surface area contributed by atoms with Gasteiger partial charge in [0, 0.05) is 18.7 Å². The van der Waals surface area contributed by atoms with Crippen LogP contribution >= 0.6 is 11.6 Å². The van der Waals surface area contributed by atoms with Crippen molar-refractivity contribution in [3.05, 3.63) is 28.8 Å². The monoisotopic (exact) mass is 314 g/mol. The normalized spacial score (nSPS) is 11.2. The van der Waals surface area contributed by atoms with Crippen LogP contribution in [0, 0.1) is 11.8 Å². The van der Waals surface area contributed by atoms with Gasteiger partial charge >= 0.3 is 0 Å². The van der Waals surface area contributed by atoms with Crippen LogP contribution in [-0.2, 0) is 10.0 Å². The molecule has 1 rings (SSSR count). The Balaban J connectivity index is 3.19. The number of hydrogen-bond acceptors (Lipinski definition) is 3. The minimum atomic E-state index is -3.55. The summed E-state index contributed by atoms with van der Waals surface area (Å²) in [6.07, 6.45) is 0.755. The van der Waals surface area contributed by atoms with Gasteiger partial charge in [-0.2, -0.15) is 4.31 Å². The number of sulfonamides is 1. The van der Waals surface area contributed by atoms with Crippen LogP contribution in [-0.4, -0.2) is 32.4 Å². The Morgan fingerprint density at radius 2 is 2.05 bits per heavy atom. The molecule has 0 spiro atoms. The summed E-state index contributed by atoms with van der Waals surface area (Å²) in [5.74, 6) is 5.53. The molecule has 0 amide bonds. The highest BCUT2D eigenvalue weighted by atomic mass is 35.5. The van der Waals surface area contributed by atoms with Crippen LogP contribution in [0.2, 0.25) is 5.02 Å². The summed E-state index contributed by atoms with van der Waals surface area (Å²) in [4.78, 5) is 0.118. The third-order valence-corrected chi connectivity index (χ3v) is 5.17. The van der Waals surface area contributed by atoms with Gasteiger partial charge in [-0.25, -0.2) is 8.42 Å². The highest BCUT2D eigenvalue weighted by Gasteiger charge is 2.24. The van der Waals surface area contributed by atoms with Gasteiger partial charge in [0.15, 0.2) is 0 Å². The van der Waals surface area contributed by atoms with Gasteiger partial charge in [-0.1, -0.05) is 37.3 Å². The Morgan fingerprint density at radius 3 is 2.55 bits per heavy atom. The van der Waals surface area contributed by atoms with E-state index in [1.54, 1.807) is 12.1 Å². The van der Waals surface area contributed by atoms with E-state index in [-0.39, 0.29) is 16.5 Å². The third-order valence-electron chi connectivity index (χ3n) is 2.71.